The zero-order valence-corrected chi connectivity index (χ0v) is 8.89. The van der Waals surface area contributed by atoms with Gasteiger partial charge in [-0.05, 0) is 12.3 Å². The number of ketones is 1. The summed E-state index contributed by atoms with van der Waals surface area (Å²) in [6.07, 6.45) is 4.29. The highest BCUT2D eigenvalue weighted by molar-refractivity contribution is 5.80. The molecular formula is C11H22O. The van der Waals surface area contributed by atoms with Gasteiger partial charge in [0.2, 0.25) is 0 Å². The minimum Gasteiger partial charge on any atom is -0.299 e. The van der Waals surface area contributed by atoms with Gasteiger partial charge in [-0.1, -0.05) is 40.5 Å². The first-order chi connectivity index (χ1) is 5.61. The van der Waals surface area contributed by atoms with E-state index in [0.717, 1.165) is 18.8 Å². The molecule has 0 spiro atoms. The number of hydrogen-bond donors (Lipinski definition) is 0. The third kappa shape index (κ3) is 4.53. The molecule has 0 aromatic rings. The first kappa shape index (κ1) is 11.7. The Bertz CT molecular complexity index is 123. The Morgan fingerprint density at radius 1 is 1.17 bits per heavy atom. The van der Waals surface area contributed by atoms with Gasteiger partial charge in [-0.15, -0.1) is 0 Å². The Labute approximate surface area is 76.6 Å². The molecule has 0 unspecified atom stereocenters. The van der Waals surface area contributed by atoms with Crippen LogP contribution in [-0.4, -0.2) is 5.78 Å². The molecule has 72 valence electrons. The molecule has 0 aliphatic carbocycles. The average Bonchev–Trinajstić information content (AvgIpc) is 2.05. The lowest BCUT2D eigenvalue weighted by Crippen LogP contribution is -2.09. The Kier molecular flexibility index (Phi) is 6.04. The van der Waals surface area contributed by atoms with Crippen molar-refractivity contribution in [3.05, 3.63) is 0 Å². The van der Waals surface area contributed by atoms with Gasteiger partial charge in [-0.2, -0.15) is 0 Å². The summed E-state index contributed by atoms with van der Waals surface area (Å²) < 4.78 is 0. The molecule has 0 saturated carbocycles. The maximum Gasteiger partial charge on any atom is 0.135 e. The number of rotatable bonds is 6. The second-order valence-electron chi connectivity index (χ2n) is 3.84. The van der Waals surface area contributed by atoms with Crippen molar-refractivity contribution in [2.45, 2.75) is 53.4 Å². The van der Waals surface area contributed by atoms with Crippen molar-refractivity contribution >= 4 is 5.78 Å². The highest BCUT2D eigenvalue weighted by atomic mass is 16.1. The van der Waals surface area contributed by atoms with Crippen LogP contribution in [0.25, 0.3) is 0 Å². The van der Waals surface area contributed by atoms with Crippen molar-refractivity contribution in [3.8, 4) is 0 Å². The van der Waals surface area contributed by atoms with Crippen molar-refractivity contribution in [3.63, 3.8) is 0 Å². The lowest BCUT2D eigenvalue weighted by atomic mass is 9.94. The first-order valence-electron chi connectivity index (χ1n) is 5.14. The third-order valence-corrected chi connectivity index (χ3v) is 2.60. The predicted octanol–water partition coefficient (Wildman–Crippen LogP) is 3.43. The van der Waals surface area contributed by atoms with Crippen LogP contribution in [-0.2, 0) is 4.79 Å². The van der Waals surface area contributed by atoms with Gasteiger partial charge >= 0.3 is 0 Å². The van der Waals surface area contributed by atoms with Crippen molar-refractivity contribution in [1.82, 2.24) is 0 Å². The minimum absolute atomic E-state index is 0.222. The fourth-order valence-corrected chi connectivity index (χ4v) is 1.33. The van der Waals surface area contributed by atoms with E-state index < -0.39 is 0 Å². The van der Waals surface area contributed by atoms with Crippen LogP contribution >= 0.6 is 0 Å². The van der Waals surface area contributed by atoms with E-state index in [1.807, 2.05) is 13.8 Å². The molecule has 0 bridgehead atoms. The number of carbonyl (C=O) groups excluding carboxylic acids is 1. The largest absolute Gasteiger partial charge is 0.299 e. The molecule has 0 saturated heterocycles. The van der Waals surface area contributed by atoms with Gasteiger partial charge in [0.1, 0.15) is 5.78 Å². The average molecular weight is 170 g/mol. The molecule has 0 N–H and O–H groups in total. The quantitative estimate of drug-likeness (QED) is 0.597. The van der Waals surface area contributed by atoms with Gasteiger partial charge in [0, 0.05) is 12.3 Å². The fraction of sp³-hybridized carbons (Fsp3) is 0.909. The monoisotopic (exact) mass is 170 g/mol. The van der Waals surface area contributed by atoms with E-state index >= 15 is 0 Å². The van der Waals surface area contributed by atoms with Crippen LogP contribution < -0.4 is 0 Å². The number of Topliss-reactive ketones (excluding diaryl/α,β-unsaturated/α-hetero) is 1. The summed E-state index contributed by atoms with van der Waals surface area (Å²) in [5, 5.41) is 0. The highest BCUT2D eigenvalue weighted by Crippen LogP contribution is 2.16. The molecule has 0 fully saturated rings. The summed E-state index contributed by atoms with van der Waals surface area (Å²) >= 11 is 0. The second kappa shape index (κ2) is 6.22. The van der Waals surface area contributed by atoms with Gasteiger partial charge in [0.25, 0.3) is 0 Å². The van der Waals surface area contributed by atoms with Gasteiger partial charge in [-0.25, -0.2) is 0 Å². The maximum absolute atomic E-state index is 11.3. The van der Waals surface area contributed by atoms with Crippen molar-refractivity contribution in [2.24, 2.45) is 11.8 Å². The second-order valence-corrected chi connectivity index (χ2v) is 3.84. The van der Waals surface area contributed by atoms with E-state index in [2.05, 4.69) is 13.8 Å². The van der Waals surface area contributed by atoms with Gasteiger partial charge in [-0.3, -0.25) is 4.79 Å². The normalized spacial score (nSPS) is 11.2. The van der Waals surface area contributed by atoms with Crippen LogP contribution in [0.3, 0.4) is 0 Å². The SMILES string of the molecule is CCC(CC)CCC(=O)C(C)C. The predicted molar refractivity (Wildman–Crippen MR) is 53.2 cm³/mol. The van der Waals surface area contributed by atoms with E-state index in [0.29, 0.717) is 5.78 Å². The van der Waals surface area contributed by atoms with Crippen LogP contribution in [0, 0.1) is 11.8 Å². The van der Waals surface area contributed by atoms with Gasteiger partial charge in [0.15, 0.2) is 0 Å². The summed E-state index contributed by atoms with van der Waals surface area (Å²) in [5.41, 5.74) is 0. The molecule has 0 heterocycles. The van der Waals surface area contributed by atoms with Gasteiger partial charge in [0.05, 0.1) is 0 Å². The molecule has 0 atom stereocenters. The molecule has 0 rings (SSSR count). The summed E-state index contributed by atoms with van der Waals surface area (Å²) in [7, 11) is 0. The molecular weight excluding hydrogens is 148 g/mol. The van der Waals surface area contributed by atoms with E-state index in [4.69, 9.17) is 0 Å². The van der Waals surface area contributed by atoms with Gasteiger partial charge < -0.3 is 0 Å². The van der Waals surface area contributed by atoms with Crippen molar-refractivity contribution in [2.75, 3.05) is 0 Å². The molecule has 1 heteroatoms. The smallest absolute Gasteiger partial charge is 0.135 e. The third-order valence-electron chi connectivity index (χ3n) is 2.60. The lowest BCUT2D eigenvalue weighted by molar-refractivity contribution is -0.122. The fourth-order valence-electron chi connectivity index (χ4n) is 1.33. The topological polar surface area (TPSA) is 17.1 Å². The standard InChI is InChI=1S/C11H22O/c1-5-10(6-2)7-8-11(12)9(3)4/h9-10H,5-8H2,1-4H3. The zero-order chi connectivity index (χ0) is 9.56. The summed E-state index contributed by atoms with van der Waals surface area (Å²) in [4.78, 5) is 11.3. The zero-order valence-electron chi connectivity index (χ0n) is 8.89. The minimum atomic E-state index is 0.222. The lowest BCUT2D eigenvalue weighted by Gasteiger charge is -2.11. The van der Waals surface area contributed by atoms with E-state index in [1.165, 1.54) is 12.8 Å². The first-order valence-corrected chi connectivity index (χ1v) is 5.14. The van der Waals surface area contributed by atoms with Crippen molar-refractivity contribution < 1.29 is 4.79 Å². The van der Waals surface area contributed by atoms with Crippen molar-refractivity contribution in [1.29, 1.82) is 0 Å². The van der Waals surface area contributed by atoms with Crippen LogP contribution in [0.4, 0.5) is 0 Å². The summed E-state index contributed by atoms with van der Waals surface area (Å²) in [6.45, 7) is 8.37. The van der Waals surface area contributed by atoms with Crippen LogP contribution in [0.15, 0.2) is 0 Å². The molecule has 0 aliphatic rings. The molecule has 0 aliphatic heterocycles. The molecule has 0 amide bonds. The Morgan fingerprint density at radius 2 is 1.67 bits per heavy atom. The van der Waals surface area contributed by atoms with Crippen LogP contribution in [0.5, 0.6) is 0 Å². The Hall–Kier alpha value is -0.330. The molecule has 0 radical (unpaired) electrons. The molecule has 12 heavy (non-hydrogen) atoms. The van der Waals surface area contributed by atoms with E-state index in [-0.39, 0.29) is 5.92 Å². The Balaban J connectivity index is 3.59. The number of hydrogen-bond acceptors (Lipinski definition) is 1. The Morgan fingerprint density at radius 3 is 2.00 bits per heavy atom. The summed E-state index contributed by atoms with van der Waals surface area (Å²) in [5.74, 6) is 1.40. The number of carbonyl (C=O) groups is 1. The highest BCUT2D eigenvalue weighted by Gasteiger charge is 2.10. The molecule has 0 aromatic heterocycles. The maximum atomic E-state index is 11.3. The van der Waals surface area contributed by atoms with Crippen LogP contribution in [0.1, 0.15) is 53.4 Å². The van der Waals surface area contributed by atoms with E-state index in [1.54, 1.807) is 0 Å². The summed E-state index contributed by atoms with van der Waals surface area (Å²) in [6, 6.07) is 0. The van der Waals surface area contributed by atoms with E-state index in [9.17, 15) is 4.79 Å². The molecule has 0 aromatic carbocycles. The van der Waals surface area contributed by atoms with Crippen LogP contribution in [0.2, 0.25) is 0 Å². The molecule has 1 nitrogen and oxygen atoms in total.